The number of rotatable bonds is 2. The van der Waals surface area contributed by atoms with Gasteiger partial charge in [-0.15, -0.1) is 0 Å². The fourth-order valence-corrected chi connectivity index (χ4v) is 1.66. The lowest BCUT2D eigenvalue weighted by molar-refractivity contribution is 0.455. The standard InChI is InChI=1S/C10H5BrClFN2O/c11-6-3-7(13)5-8(4-6)16-10-9(12)14-1-2-15-10/h1-5H. The topological polar surface area (TPSA) is 35.0 Å². The van der Waals surface area contributed by atoms with Crippen molar-refractivity contribution < 1.29 is 9.13 Å². The largest absolute Gasteiger partial charge is 0.436 e. The lowest BCUT2D eigenvalue weighted by Crippen LogP contribution is -1.91. The summed E-state index contributed by atoms with van der Waals surface area (Å²) in [5.41, 5.74) is 0. The molecule has 6 heteroatoms. The highest BCUT2D eigenvalue weighted by atomic mass is 79.9. The molecule has 1 heterocycles. The van der Waals surface area contributed by atoms with Gasteiger partial charge in [-0.25, -0.2) is 14.4 Å². The van der Waals surface area contributed by atoms with Gasteiger partial charge in [0.1, 0.15) is 11.6 Å². The first-order chi connectivity index (χ1) is 7.65. The molecule has 3 nitrogen and oxygen atoms in total. The van der Waals surface area contributed by atoms with Crippen molar-refractivity contribution >= 4 is 27.5 Å². The van der Waals surface area contributed by atoms with Crippen molar-refractivity contribution in [1.29, 1.82) is 0 Å². The molecule has 0 radical (unpaired) electrons. The average molecular weight is 304 g/mol. The van der Waals surface area contributed by atoms with Gasteiger partial charge in [0.2, 0.25) is 0 Å². The van der Waals surface area contributed by atoms with E-state index in [9.17, 15) is 4.39 Å². The van der Waals surface area contributed by atoms with E-state index >= 15 is 0 Å². The first-order valence-corrected chi connectivity index (χ1v) is 5.43. The second-order valence-electron chi connectivity index (χ2n) is 2.86. The van der Waals surface area contributed by atoms with Crippen molar-refractivity contribution in [2.24, 2.45) is 0 Å². The normalized spacial score (nSPS) is 10.2. The van der Waals surface area contributed by atoms with Crippen molar-refractivity contribution in [2.45, 2.75) is 0 Å². The Balaban J connectivity index is 2.30. The molecule has 0 aliphatic carbocycles. The quantitative estimate of drug-likeness (QED) is 0.846. The van der Waals surface area contributed by atoms with E-state index in [1.165, 1.54) is 24.5 Å². The summed E-state index contributed by atoms with van der Waals surface area (Å²) in [6.45, 7) is 0. The lowest BCUT2D eigenvalue weighted by atomic mass is 10.3. The van der Waals surface area contributed by atoms with Crippen molar-refractivity contribution in [3.63, 3.8) is 0 Å². The third kappa shape index (κ3) is 2.68. The summed E-state index contributed by atoms with van der Waals surface area (Å²) in [7, 11) is 0. The van der Waals surface area contributed by atoms with Crippen molar-refractivity contribution in [3.8, 4) is 11.6 Å². The molecule has 82 valence electrons. The predicted molar refractivity (Wildman–Crippen MR) is 61.2 cm³/mol. The highest BCUT2D eigenvalue weighted by Gasteiger charge is 2.06. The predicted octanol–water partition coefficient (Wildman–Crippen LogP) is 3.82. The third-order valence-electron chi connectivity index (χ3n) is 1.67. The van der Waals surface area contributed by atoms with Crippen molar-refractivity contribution in [3.05, 3.63) is 46.0 Å². The lowest BCUT2D eigenvalue weighted by Gasteiger charge is -2.05. The summed E-state index contributed by atoms with van der Waals surface area (Å²) in [5, 5.41) is 0.128. The van der Waals surface area contributed by atoms with Gasteiger partial charge in [0.15, 0.2) is 5.15 Å². The van der Waals surface area contributed by atoms with Crippen LogP contribution in [0.3, 0.4) is 0 Å². The maximum absolute atomic E-state index is 13.1. The molecule has 0 amide bonds. The Morgan fingerprint density at radius 3 is 2.62 bits per heavy atom. The van der Waals surface area contributed by atoms with Gasteiger partial charge in [-0.1, -0.05) is 27.5 Å². The Labute approximate surface area is 104 Å². The summed E-state index contributed by atoms with van der Waals surface area (Å²) in [4.78, 5) is 7.67. The highest BCUT2D eigenvalue weighted by molar-refractivity contribution is 9.10. The molecule has 0 bridgehead atoms. The second kappa shape index (κ2) is 4.76. The molecule has 0 fully saturated rings. The zero-order chi connectivity index (χ0) is 11.5. The van der Waals surface area contributed by atoms with E-state index in [1.54, 1.807) is 6.07 Å². The number of halogens is 3. The molecule has 1 aromatic carbocycles. The van der Waals surface area contributed by atoms with Crippen molar-refractivity contribution in [1.82, 2.24) is 9.97 Å². The molecular formula is C10H5BrClFN2O. The monoisotopic (exact) mass is 302 g/mol. The van der Waals surface area contributed by atoms with Crippen LogP contribution >= 0.6 is 27.5 Å². The first-order valence-electron chi connectivity index (χ1n) is 4.25. The van der Waals surface area contributed by atoms with Gasteiger partial charge in [-0.3, -0.25) is 0 Å². The van der Waals surface area contributed by atoms with Gasteiger partial charge in [0.25, 0.3) is 5.88 Å². The second-order valence-corrected chi connectivity index (χ2v) is 4.13. The number of aromatic nitrogens is 2. The van der Waals surface area contributed by atoms with Crippen LogP contribution in [0.25, 0.3) is 0 Å². The summed E-state index contributed by atoms with van der Waals surface area (Å²) in [6.07, 6.45) is 2.88. The maximum atomic E-state index is 13.1. The van der Waals surface area contributed by atoms with E-state index in [-0.39, 0.29) is 11.0 Å². The van der Waals surface area contributed by atoms with Gasteiger partial charge in [-0.2, -0.15) is 0 Å². The Morgan fingerprint density at radius 1 is 1.19 bits per heavy atom. The van der Waals surface area contributed by atoms with Gasteiger partial charge in [-0.05, 0) is 12.1 Å². The van der Waals surface area contributed by atoms with Crippen LogP contribution in [0.4, 0.5) is 4.39 Å². The van der Waals surface area contributed by atoms with Crippen LogP contribution in [0.5, 0.6) is 11.6 Å². The zero-order valence-corrected chi connectivity index (χ0v) is 10.2. The minimum atomic E-state index is -0.413. The maximum Gasteiger partial charge on any atom is 0.257 e. The van der Waals surface area contributed by atoms with E-state index in [2.05, 4.69) is 25.9 Å². The molecule has 0 aliphatic rings. The molecular weight excluding hydrogens is 298 g/mol. The molecule has 0 saturated carbocycles. The highest BCUT2D eigenvalue weighted by Crippen LogP contribution is 2.27. The van der Waals surface area contributed by atoms with Gasteiger partial charge in [0, 0.05) is 22.9 Å². The molecule has 1 aromatic heterocycles. The van der Waals surface area contributed by atoms with E-state index in [4.69, 9.17) is 16.3 Å². The SMILES string of the molecule is Fc1cc(Br)cc(Oc2nccnc2Cl)c1. The van der Waals surface area contributed by atoms with Gasteiger partial charge in [0.05, 0.1) is 0 Å². The van der Waals surface area contributed by atoms with Crippen molar-refractivity contribution in [2.75, 3.05) is 0 Å². The fourth-order valence-electron chi connectivity index (χ4n) is 1.08. The summed E-state index contributed by atoms with van der Waals surface area (Å²) >= 11 is 8.91. The Bertz CT molecular complexity index is 504. The molecule has 2 rings (SSSR count). The molecule has 0 atom stereocenters. The van der Waals surface area contributed by atoms with Gasteiger partial charge >= 0.3 is 0 Å². The Hall–Kier alpha value is -1.20. The minimum Gasteiger partial charge on any atom is -0.436 e. The number of hydrogen-bond acceptors (Lipinski definition) is 3. The number of nitrogens with zero attached hydrogens (tertiary/aromatic N) is 2. The van der Waals surface area contributed by atoms with E-state index in [0.717, 1.165) is 0 Å². The molecule has 0 aliphatic heterocycles. The van der Waals surface area contributed by atoms with E-state index in [0.29, 0.717) is 10.2 Å². The number of benzene rings is 1. The van der Waals surface area contributed by atoms with Crippen LogP contribution in [-0.2, 0) is 0 Å². The Kier molecular flexibility index (Phi) is 3.36. The Morgan fingerprint density at radius 2 is 1.94 bits per heavy atom. The van der Waals surface area contributed by atoms with Crippen LogP contribution in [0.15, 0.2) is 35.1 Å². The van der Waals surface area contributed by atoms with Crippen LogP contribution < -0.4 is 4.74 Å². The molecule has 0 N–H and O–H groups in total. The third-order valence-corrected chi connectivity index (χ3v) is 2.39. The molecule has 16 heavy (non-hydrogen) atoms. The first kappa shape index (κ1) is 11.3. The van der Waals surface area contributed by atoms with Crippen LogP contribution in [0.2, 0.25) is 5.15 Å². The number of hydrogen-bond donors (Lipinski definition) is 0. The zero-order valence-electron chi connectivity index (χ0n) is 7.82. The van der Waals surface area contributed by atoms with Crippen LogP contribution in [0.1, 0.15) is 0 Å². The smallest absolute Gasteiger partial charge is 0.257 e. The molecule has 0 spiro atoms. The summed E-state index contributed by atoms with van der Waals surface area (Å²) < 4.78 is 18.9. The summed E-state index contributed by atoms with van der Waals surface area (Å²) in [5.74, 6) is 0.0281. The van der Waals surface area contributed by atoms with E-state index in [1.807, 2.05) is 0 Å². The summed E-state index contributed by atoms with van der Waals surface area (Å²) in [6, 6.07) is 4.16. The fraction of sp³-hybridized carbons (Fsp3) is 0. The molecule has 0 unspecified atom stereocenters. The minimum absolute atomic E-state index is 0.128. The van der Waals surface area contributed by atoms with Crippen LogP contribution in [0, 0.1) is 5.82 Å². The average Bonchev–Trinajstić information content (AvgIpc) is 2.20. The van der Waals surface area contributed by atoms with Crippen LogP contribution in [-0.4, -0.2) is 9.97 Å². The number of ether oxygens (including phenoxy) is 1. The van der Waals surface area contributed by atoms with E-state index < -0.39 is 5.82 Å². The van der Waals surface area contributed by atoms with Gasteiger partial charge < -0.3 is 4.74 Å². The molecule has 0 saturated heterocycles. The molecule has 2 aromatic rings.